The number of benzene rings is 1. The minimum Gasteiger partial charge on any atom is -0.443 e. The first-order valence-electron chi connectivity index (χ1n) is 8.34. The monoisotopic (exact) mass is 376 g/mol. The van der Waals surface area contributed by atoms with Crippen LogP contribution >= 0.6 is 0 Å². The maximum absolute atomic E-state index is 13.2. The van der Waals surface area contributed by atoms with Crippen LogP contribution in [-0.2, 0) is 6.18 Å². The lowest BCUT2D eigenvalue weighted by Gasteiger charge is -2.14. The van der Waals surface area contributed by atoms with E-state index in [9.17, 15) is 13.2 Å². The zero-order valence-corrected chi connectivity index (χ0v) is 14.3. The van der Waals surface area contributed by atoms with Crippen molar-refractivity contribution in [2.45, 2.75) is 32.4 Å². The lowest BCUT2D eigenvalue weighted by atomic mass is 10.3. The number of oxazole rings is 1. The molecule has 1 aliphatic carbocycles. The van der Waals surface area contributed by atoms with E-state index in [4.69, 9.17) is 9.15 Å². The number of halogens is 3. The quantitative estimate of drug-likeness (QED) is 0.680. The van der Waals surface area contributed by atoms with Crippen LogP contribution in [-0.4, -0.2) is 15.0 Å². The van der Waals surface area contributed by atoms with Gasteiger partial charge in [-0.05, 0) is 31.1 Å². The Balaban J connectivity index is 1.65. The van der Waals surface area contributed by atoms with E-state index in [2.05, 4.69) is 20.3 Å². The zero-order chi connectivity index (χ0) is 19.0. The van der Waals surface area contributed by atoms with E-state index in [1.165, 1.54) is 0 Å². The van der Waals surface area contributed by atoms with Crippen LogP contribution in [0.4, 0.5) is 24.8 Å². The molecule has 0 amide bonds. The van der Waals surface area contributed by atoms with Gasteiger partial charge >= 0.3 is 6.18 Å². The van der Waals surface area contributed by atoms with Crippen LogP contribution in [0.2, 0.25) is 0 Å². The molecule has 0 atom stereocenters. The molecule has 0 spiro atoms. The van der Waals surface area contributed by atoms with Gasteiger partial charge in [-0.3, -0.25) is 0 Å². The van der Waals surface area contributed by atoms with Crippen molar-refractivity contribution in [1.29, 1.82) is 0 Å². The smallest absolute Gasteiger partial charge is 0.423 e. The number of hydrogen-bond donors (Lipinski definition) is 1. The number of nitrogens with zero attached hydrogens (tertiary/aromatic N) is 3. The topological polar surface area (TPSA) is 73.1 Å². The molecule has 2 heterocycles. The summed E-state index contributed by atoms with van der Waals surface area (Å²) in [4.78, 5) is 11.9. The first-order chi connectivity index (χ1) is 12.9. The zero-order valence-electron chi connectivity index (χ0n) is 14.3. The molecular weight excluding hydrogens is 361 g/mol. The second kappa shape index (κ2) is 6.57. The van der Waals surface area contributed by atoms with Crippen LogP contribution < -0.4 is 10.1 Å². The normalized spacial score (nSPS) is 14.4. The van der Waals surface area contributed by atoms with Crippen molar-refractivity contribution in [3.63, 3.8) is 0 Å². The molecule has 27 heavy (non-hydrogen) atoms. The molecule has 0 saturated carbocycles. The summed E-state index contributed by atoms with van der Waals surface area (Å²) < 4.78 is 50.6. The van der Waals surface area contributed by atoms with E-state index in [0.29, 0.717) is 34.9 Å². The summed E-state index contributed by atoms with van der Waals surface area (Å²) in [7, 11) is 0. The maximum Gasteiger partial charge on any atom is 0.423 e. The van der Waals surface area contributed by atoms with Crippen molar-refractivity contribution in [1.82, 2.24) is 15.0 Å². The van der Waals surface area contributed by atoms with Gasteiger partial charge in [0.15, 0.2) is 11.5 Å². The number of rotatable bonds is 4. The Hall–Kier alpha value is -3.10. The Kier molecular flexibility index (Phi) is 4.21. The SMILES string of the molecule is Cc1nc2ccc(Nc3ncc(C(F)(F)F)c(OC4=CCCC4)n3)cc2o1. The van der Waals surface area contributed by atoms with Crippen LogP contribution in [0.25, 0.3) is 11.1 Å². The van der Waals surface area contributed by atoms with Crippen LogP contribution in [0, 0.1) is 6.92 Å². The largest absolute Gasteiger partial charge is 0.443 e. The summed E-state index contributed by atoms with van der Waals surface area (Å²) in [5.41, 5.74) is 0.784. The Bertz CT molecular complexity index is 1030. The number of fused-ring (bicyclic) bond motifs is 1. The van der Waals surface area contributed by atoms with Crippen LogP contribution in [0.5, 0.6) is 5.88 Å². The van der Waals surface area contributed by atoms with E-state index >= 15 is 0 Å². The van der Waals surface area contributed by atoms with Gasteiger partial charge in [-0.2, -0.15) is 18.2 Å². The highest BCUT2D eigenvalue weighted by atomic mass is 19.4. The molecule has 6 nitrogen and oxygen atoms in total. The first kappa shape index (κ1) is 17.3. The first-order valence-corrected chi connectivity index (χ1v) is 8.34. The van der Waals surface area contributed by atoms with Crippen molar-refractivity contribution < 1.29 is 22.3 Å². The summed E-state index contributed by atoms with van der Waals surface area (Å²) in [6.45, 7) is 1.73. The fourth-order valence-electron chi connectivity index (χ4n) is 2.80. The van der Waals surface area contributed by atoms with Gasteiger partial charge in [0.2, 0.25) is 11.8 Å². The average molecular weight is 376 g/mol. The molecule has 140 valence electrons. The summed E-state index contributed by atoms with van der Waals surface area (Å²) in [6.07, 6.45) is 0.106. The molecule has 4 rings (SSSR count). The third kappa shape index (κ3) is 3.71. The van der Waals surface area contributed by atoms with Gasteiger partial charge in [-0.15, -0.1) is 0 Å². The molecule has 0 bridgehead atoms. The lowest BCUT2D eigenvalue weighted by molar-refractivity contribution is -0.139. The fraction of sp³-hybridized carbons (Fsp3) is 0.278. The fourth-order valence-corrected chi connectivity index (χ4v) is 2.80. The van der Waals surface area contributed by atoms with E-state index in [0.717, 1.165) is 19.0 Å². The van der Waals surface area contributed by atoms with Gasteiger partial charge in [0.25, 0.3) is 0 Å². The van der Waals surface area contributed by atoms with E-state index in [-0.39, 0.29) is 5.95 Å². The van der Waals surface area contributed by atoms with Gasteiger partial charge in [-0.25, -0.2) is 9.97 Å². The Morgan fingerprint density at radius 3 is 2.81 bits per heavy atom. The molecular formula is C18H15F3N4O2. The van der Waals surface area contributed by atoms with Gasteiger partial charge < -0.3 is 14.5 Å². The number of alkyl halides is 3. The highest BCUT2D eigenvalue weighted by molar-refractivity contribution is 5.78. The highest BCUT2D eigenvalue weighted by Crippen LogP contribution is 2.37. The van der Waals surface area contributed by atoms with Crippen LogP contribution in [0.15, 0.2) is 40.6 Å². The Labute approximate surface area is 152 Å². The van der Waals surface area contributed by atoms with Gasteiger partial charge in [-0.1, -0.05) is 0 Å². The average Bonchev–Trinajstić information content (AvgIpc) is 3.22. The van der Waals surface area contributed by atoms with E-state index in [1.807, 2.05) is 0 Å². The van der Waals surface area contributed by atoms with Crippen molar-refractivity contribution in [2.75, 3.05) is 5.32 Å². The molecule has 9 heteroatoms. The van der Waals surface area contributed by atoms with E-state index < -0.39 is 17.6 Å². The summed E-state index contributed by atoms with van der Waals surface area (Å²) in [6, 6.07) is 5.13. The summed E-state index contributed by atoms with van der Waals surface area (Å²) in [5, 5.41) is 2.87. The van der Waals surface area contributed by atoms with E-state index in [1.54, 1.807) is 31.2 Å². The number of allylic oxidation sites excluding steroid dienone is 2. The van der Waals surface area contributed by atoms with Crippen LogP contribution in [0.1, 0.15) is 30.7 Å². The third-order valence-electron chi connectivity index (χ3n) is 4.04. The second-order valence-corrected chi connectivity index (χ2v) is 6.12. The highest BCUT2D eigenvalue weighted by Gasteiger charge is 2.36. The molecule has 1 aromatic carbocycles. The second-order valence-electron chi connectivity index (χ2n) is 6.12. The van der Waals surface area contributed by atoms with Crippen molar-refractivity contribution in [3.8, 4) is 5.88 Å². The predicted molar refractivity (Wildman–Crippen MR) is 91.6 cm³/mol. The molecule has 0 unspecified atom stereocenters. The number of nitrogens with one attached hydrogen (secondary N) is 1. The molecule has 3 aromatic rings. The molecule has 0 radical (unpaired) electrons. The lowest BCUT2D eigenvalue weighted by Crippen LogP contribution is -2.12. The van der Waals surface area contributed by atoms with Gasteiger partial charge in [0.05, 0.1) is 0 Å². The third-order valence-corrected chi connectivity index (χ3v) is 4.04. The van der Waals surface area contributed by atoms with Gasteiger partial charge in [0, 0.05) is 31.3 Å². The molecule has 1 aliphatic rings. The predicted octanol–water partition coefficient (Wildman–Crippen LogP) is 5.14. The number of aryl methyl sites for hydroxylation is 1. The molecule has 0 saturated heterocycles. The van der Waals surface area contributed by atoms with Gasteiger partial charge in [0.1, 0.15) is 16.8 Å². The Morgan fingerprint density at radius 1 is 1.22 bits per heavy atom. The number of hydrogen-bond acceptors (Lipinski definition) is 6. The number of aromatic nitrogens is 3. The molecule has 2 aromatic heterocycles. The molecule has 0 fully saturated rings. The molecule has 1 N–H and O–H groups in total. The molecule has 0 aliphatic heterocycles. The Morgan fingerprint density at radius 2 is 2.07 bits per heavy atom. The summed E-state index contributed by atoms with van der Waals surface area (Å²) >= 11 is 0. The standard InChI is InChI=1S/C18H15F3N4O2/c1-10-23-14-7-6-11(8-15(14)26-10)24-17-22-9-13(18(19,20)21)16(25-17)27-12-4-2-3-5-12/h4,6-9H,2-3,5H2,1H3,(H,22,24,25). The minimum absolute atomic E-state index is 0.00724. The maximum atomic E-state index is 13.2. The van der Waals surface area contributed by atoms with Crippen molar-refractivity contribution >= 4 is 22.7 Å². The minimum atomic E-state index is -4.61. The van der Waals surface area contributed by atoms with Crippen molar-refractivity contribution in [2.24, 2.45) is 0 Å². The number of anilines is 2. The van der Waals surface area contributed by atoms with Crippen molar-refractivity contribution in [3.05, 3.63) is 47.7 Å². The van der Waals surface area contributed by atoms with Crippen LogP contribution in [0.3, 0.4) is 0 Å². The summed E-state index contributed by atoms with van der Waals surface area (Å²) in [5.74, 6) is 0.495. The number of ether oxygens (including phenoxy) is 1.